The molecule has 0 amide bonds. The van der Waals surface area contributed by atoms with E-state index in [0.717, 1.165) is 6.54 Å². The summed E-state index contributed by atoms with van der Waals surface area (Å²) in [5.74, 6) is 0. The highest BCUT2D eigenvalue weighted by Gasteiger charge is 2.31. The minimum atomic E-state index is 0.240. The molecule has 0 spiro atoms. The molecular weight excluding hydrogens is 254 g/mol. The fourth-order valence-corrected chi connectivity index (χ4v) is 3.83. The second-order valence-corrected chi connectivity index (χ2v) is 7.67. The predicted octanol–water partition coefficient (Wildman–Crippen LogP) is 4.26. The van der Waals surface area contributed by atoms with Crippen LogP contribution in [0, 0.1) is 0 Å². The molecule has 2 nitrogen and oxygen atoms in total. The van der Waals surface area contributed by atoms with Crippen LogP contribution in [-0.2, 0) is 10.2 Å². The van der Waals surface area contributed by atoms with Gasteiger partial charge in [0.2, 0.25) is 0 Å². The Kier molecular flexibility index (Phi) is 4.70. The fraction of sp³-hybridized carbons (Fsp3) is 0.750. The lowest BCUT2D eigenvalue weighted by Crippen LogP contribution is -2.31. The van der Waals surface area contributed by atoms with Gasteiger partial charge in [0.25, 0.3) is 0 Å². The number of hydrogen-bond acceptors (Lipinski definition) is 3. The molecule has 1 aliphatic heterocycles. The van der Waals surface area contributed by atoms with Gasteiger partial charge < -0.3 is 10.1 Å². The van der Waals surface area contributed by atoms with E-state index in [4.69, 9.17) is 4.74 Å². The van der Waals surface area contributed by atoms with Gasteiger partial charge in [-0.3, -0.25) is 0 Å². The topological polar surface area (TPSA) is 21.3 Å². The molecule has 0 aromatic carbocycles. The Morgan fingerprint density at radius 3 is 2.58 bits per heavy atom. The maximum Gasteiger partial charge on any atom is 0.0782 e. The summed E-state index contributed by atoms with van der Waals surface area (Å²) in [7, 11) is 0. The van der Waals surface area contributed by atoms with Crippen LogP contribution >= 0.6 is 11.3 Å². The SMILES string of the molecule is CCNC(c1ccc(C(C)(C)C)s1)C1CCC(C)O1. The molecule has 2 rings (SSSR count). The van der Waals surface area contributed by atoms with Crippen LogP contribution in [-0.4, -0.2) is 18.8 Å². The summed E-state index contributed by atoms with van der Waals surface area (Å²) < 4.78 is 6.07. The van der Waals surface area contributed by atoms with Gasteiger partial charge in [-0.25, -0.2) is 0 Å². The predicted molar refractivity (Wildman–Crippen MR) is 83.0 cm³/mol. The number of hydrogen-bond donors (Lipinski definition) is 1. The zero-order valence-corrected chi connectivity index (χ0v) is 13.6. The summed E-state index contributed by atoms with van der Waals surface area (Å²) in [5.41, 5.74) is 0.240. The van der Waals surface area contributed by atoms with Crippen molar-refractivity contribution in [1.29, 1.82) is 0 Å². The summed E-state index contributed by atoms with van der Waals surface area (Å²) in [6.45, 7) is 12.2. The van der Waals surface area contributed by atoms with E-state index in [1.165, 1.54) is 22.6 Å². The van der Waals surface area contributed by atoms with E-state index in [9.17, 15) is 0 Å². The van der Waals surface area contributed by atoms with Gasteiger partial charge >= 0.3 is 0 Å². The first-order valence-corrected chi connectivity index (χ1v) is 8.22. The van der Waals surface area contributed by atoms with Crippen molar-refractivity contribution >= 4 is 11.3 Å². The number of nitrogens with one attached hydrogen (secondary N) is 1. The first-order valence-electron chi connectivity index (χ1n) is 7.41. The van der Waals surface area contributed by atoms with Crippen molar-refractivity contribution in [1.82, 2.24) is 5.32 Å². The third-order valence-corrected chi connectivity index (χ3v) is 5.33. The van der Waals surface area contributed by atoms with Gasteiger partial charge in [0.15, 0.2) is 0 Å². The van der Waals surface area contributed by atoms with Crippen molar-refractivity contribution in [3.63, 3.8) is 0 Å². The molecule has 1 aliphatic rings. The Morgan fingerprint density at radius 2 is 2.11 bits per heavy atom. The first kappa shape index (κ1) is 15.0. The van der Waals surface area contributed by atoms with Crippen LogP contribution in [0.4, 0.5) is 0 Å². The van der Waals surface area contributed by atoms with Gasteiger partial charge in [-0.2, -0.15) is 0 Å². The lowest BCUT2D eigenvalue weighted by Gasteiger charge is -2.24. The van der Waals surface area contributed by atoms with Crippen molar-refractivity contribution < 1.29 is 4.74 Å². The lowest BCUT2D eigenvalue weighted by molar-refractivity contribution is 0.0327. The molecule has 19 heavy (non-hydrogen) atoms. The molecule has 1 fully saturated rings. The Labute approximate surface area is 121 Å². The average Bonchev–Trinajstić information content (AvgIpc) is 2.93. The molecule has 3 unspecified atom stereocenters. The zero-order chi connectivity index (χ0) is 14.0. The lowest BCUT2D eigenvalue weighted by atomic mass is 9.95. The molecule has 0 aliphatic carbocycles. The van der Waals surface area contributed by atoms with Crippen LogP contribution in [0.25, 0.3) is 0 Å². The van der Waals surface area contributed by atoms with Crippen LogP contribution in [0.5, 0.6) is 0 Å². The molecule has 1 aromatic rings. The summed E-state index contributed by atoms with van der Waals surface area (Å²) in [5, 5.41) is 3.61. The number of thiophene rings is 1. The van der Waals surface area contributed by atoms with Crippen LogP contribution in [0.15, 0.2) is 12.1 Å². The van der Waals surface area contributed by atoms with Gasteiger partial charge in [0, 0.05) is 9.75 Å². The first-order chi connectivity index (χ1) is 8.91. The zero-order valence-electron chi connectivity index (χ0n) is 12.8. The van der Waals surface area contributed by atoms with E-state index in [-0.39, 0.29) is 5.41 Å². The van der Waals surface area contributed by atoms with Gasteiger partial charge in [0.1, 0.15) is 0 Å². The number of likely N-dealkylation sites (N-methyl/N-ethyl adjacent to an activating group) is 1. The second kappa shape index (κ2) is 5.94. The normalized spacial score (nSPS) is 25.7. The monoisotopic (exact) mass is 281 g/mol. The highest BCUT2D eigenvalue weighted by atomic mass is 32.1. The van der Waals surface area contributed by atoms with Gasteiger partial charge in [-0.1, -0.05) is 27.7 Å². The summed E-state index contributed by atoms with van der Waals surface area (Å²) in [6, 6.07) is 4.92. The van der Waals surface area contributed by atoms with E-state index in [0.29, 0.717) is 18.2 Å². The molecule has 3 atom stereocenters. The quantitative estimate of drug-likeness (QED) is 0.890. The maximum atomic E-state index is 6.07. The Balaban J connectivity index is 2.17. The molecular formula is C16H27NOS. The highest BCUT2D eigenvalue weighted by molar-refractivity contribution is 7.12. The highest BCUT2D eigenvalue weighted by Crippen LogP contribution is 2.37. The summed E-state index contributed by atoms with van der Waals surface area (Å²) >= 11 is 1.93. The van der Waals surface area contributed by atoms with Crippen molar-refractivity contribution in [3.8, 4) is 0 Å². The number of ether oxygens (including phenoxy) is 1. The van der Waals surface area contributed by atoms with Crippen LogP contribution in [0.3, 0.4) is 0 Å². The molecule has 1 N–H and O–H groups in total. The summed E-state index contributed by atoms with van der Waals surface area (Å²) in [6.07, 6.45) is 3.10. The Morgan fingerprint density at radius 1 is 1.37 bits per heavy atom. The van der Waals surface area contributed by atoms with Crippen LogP contribution in [0.1, 0.15) is 63.3 Å². The van der Waals surface area contributed by atoms with Crippen LogP contribution < -0.4 is 5.32 Å². The third kappa shape index (κ3) is 3.59. The van der Waals surface area contributed by atoms with E-state index in [1.807, 2.05) is 11.3 Å². The summed E-state index contributed by atoms with van der Waals surface area (Å²) in [4.78, 5) is 2.88. The van der Waals surface area contributed by atoms with E-state index in [2.05, 4.69) is 52.1 Å². The third-order valence-electron chi connectivity index (χ3n) is 3.73. The Bertz CT molecular complexity index is 407. The van der Waals surface area contributed by atoms with Gasteiger partial charge in [-0.05, 0) is 43.9 Å². The minimum Gasteiger partial charge on any atom is -0.373 e. The van der Waals surface area contributed by atoms with Crippen molar-refractivity contribution in [2.75, 3.05) is 6.54 Å². The molecule has 1 aromatic heterocycles. The molecule has 3 heteroatoms. The van der Waals surface area contributed by atoms with E-state index >= 15 is 0 Å². The molecule has 2 heterocycles. The van der Waals surface area contributed by atoms with E-state index < -0.39 is 0 Å². The average molecular weight is 281 g/mol. The maximum absolute atomic E-state index is 6.07. The molecule has 0 saturated carbocycles. The van der Waals surface area contributed by atoms with E-state index in [1.54, 1.807) is 0 Å². The standard InChI is InChI=1S/C16H27NOS/c1-6-17-15(12-8-7-11(2)18-12)13-9-10-14(19-13)16(3,4)5/h9-12,15,17H,6-8H2,1-5H3. The van der Waals surface area contributed by atoms with Gasteiger partial charge in [-0.15, -0.1) is 11.3 Å². The molecule has 108 valence electrons. The number of rotatable bonds is 4. The minimum absolute atomic E-state index is 0.240. The Hall–Kier alpha value is -0.380. The molecule has 0 bridgehead atoms. The van der Waals surface area contributed by atoms with Crippen molar-refractivity contribution in [2.45, 2.75) is 71.1 Å². The molecule has 0 radical (unpaired) electrons. The second-order valence-electron chi connectivity index (χ2n) is 6.55. The fourth-order valence-electron chi connectivity index (χ4n) is 2.64. The van der Waals surface area contributed by atoms with Crippen molar-refractivity contribution in [3.05, 3.63) is 21.9 Å². The molecule has 1 saturated heterocycles. The van der Waals surface area contributed by atoms with Crippen molar-refractivity contribution in [2.24, 2.45) is 0 Å². The van der Waals surface area contributed by atoms with Crippen LogP contribution in [0.2, 0.25) is 0 Å². The van der Waals surface area contributed by atoms with Gasteiger partial charge in [0.05, 0.1) is 18.2 Å². The largest absolute Gasteiger partial charge is 0.373 e. The smallest absolute Gasteiger partial charge is 0.0782 e.